The highest BCUT2D eigenvalue weighted by atomic mass is 16.5. The van der Waals surface area contributed by atoms with Gasteiger partial charge in [0.2, 0.25) is 11.8 Å². The molecular weight excluding hydrogens is 394 g/mol. The van der Waals surface area contributed by atoms with Gasteiger partial charge in [-0.3, -0.25) is 19.3 Å². The normalized spacial score (nSPS) is 14.9. The van der Waals surface area contributed by atoms with E-state index in [1.54, 1.807) is 79.9 Å². The molecule has 0 fully saturated rings. The molecule has 0 radical (unpaired) electrons. The second kappa shape index (κ2) is 8.71. The molecule has 3 aromatic carbocycles. The first-order valence-corrected chi connectivity index (χ1v) is 9.79. The maximum Gasteiger partial charge on any atom is 0.259 e. The molecule has 2 N–H and O–H groups in total. The van der Waals surface area contributed by atoms with Crippen LogP contribution in [0, 0.1) is 0 Å². The Bertz CT molecular complexity index is 1110. The van der Waals surface area contributed by atoms with E-state index >= 15 is 0 Å². The summed E-state index contributed by atoms with van der Waals surface area (Å²) >= 11 is 0. The first-order chi connectivity index (χ1) is 15.1. The van der Waals surface area contributed by atoms with Gasteiger partial charge in [0, 0.05) is 11.3 Å². The third-order valence-electron chi connectivity index (χ3n) is 5.03. The number of anilines is 3. The average Bonchev–Trinajstić information content (AvgIpc) is 2.80. The number of benzene rings is 3. The van der Waals surface area contributed by atoms with Crippen LogP contribution in [0.3, 0.4) is 0 Å². The fourth-order valence-electron chi connectivity index (χ4n) is 3.51. The predicted octanol–water partition coefficient (Wildman–Crippen LogP) is 3.69. The lowest BCUT2D eigenvalue weighted by Gasteiger charge is -2.36. The predicted molar refractivity (Wildman–Crippen MR) is 118 cm³/mol. The van der Waals surface area contributed by atoms with E-state index in [1.807, 2.05) is 6.07 Å². The summed E-state index contributed by atoms with van der Waals surface area (Å²) in [6.45, 7) is 0. The van der Waals surface area contributed by atoms with Gasteiger partial charge in [-0.2, -0.15) is 0 Å². The number of hydrogen-bond acceptors (Lipinski definition) is 4. The molecule has 7 heteroatoms. The van der Waals surface area contributed by atoms with Crippen molar-refractivity contribution >= 4 is 34.8 Å². The second-order valence-electron chi connectivity index (χ2n) is 7.04. The zero-order chi connectivity index (χ0) is 21.8. The summed E-state index contributed by atoms with van der Waals surface area (Å²) in [5, 5.41) is 5.57. The fraction of sp³-hybridized carbons (Fsp3) is 0.125. The molecule has 0 bridgehead atoms. The molecule has 1 aliphatic heterocycles. The Labute approximate surface area is 179 Å². The van der Waals surface area contributed by atoms with Crippen LogP contribution < -0.4 is 20.3 Å². The van der Waals surface area contributed by atoms with Gasteiger partial charge in [-0.05, 0) is 48.5 Å². The third kappa shape index (κ3) is 4.25. The summed E-state index contributed by atoms with van der Waals surface area (Å²) in [5.41, 5.74) is 2.10. The molecule has 3 amide bonds. The highest BCUT2D eigenvalue weighted by Crippen LogP contribution is 2.34. The molecule has 0 saturated heterocycles. The Kier molecular flexibility index (Phi) is 5.66. The quantitative estimate of drug-likeness (QED) is 0.665. The Morgan fingerprint density at radius 3 is 2.35 bits per heavy atom. The Balaban J connectivity index is 1.61. The lowest BCUT2D eigenvalue weighted by molar-refractivity contribution is -0.122. The Morgan fingerprint density at radius 1 is 0.968 bits per heavy atom. The minimum atomic E-state index is -0.985. The summed E-state index contributed by atoms with van der Waals surface area (Å²) in [5.74, 6) is -0.463. The number of fused-ring (bicyclic) bond motifs is 1. The zero-order valence-corrected chi connectivity index (χ0v) is 16.9. The largest absolute Gasteiger partial charge is 0.497 e. The molecule has 1 aliphatic rings. The first-order valence-electron chi connectivity index (χ1n) is 9.79. The zero-order valence-electron chi connectivity index (χ0n) is 16.9. The molecule has 3 aromatic rings. The van der Waals surface area contributed by atoms with E-state index in [0.29, 0.717) is 28.4 Å². The van der Waals surface area contributed by atoms with Crippen molar-refractivity contribution in [1.82, 2.24) is 0 Å². The molecule has 4 rings (SSSR count). The van der Waals surface area contributed by atoms with Gasteiger partial charge in [0.25, 0.3) is 5.91 Å². The van der Waals surface area contributed by atoms with Gasteiger partial charge in [-0.25, -0.2) is 0 Å². The molecule has 1 unspecified atom stereocenters. The number of amides is 3. The van der Waals surface area contributed by atoms with Crippen LogP contribution in [0.4, 0.5) is 17.1 Å². The van der Waals surface area contributed by atoms with Gasteiger partial charge in [0.15, 0.2) is 0 Å². The highest BCUT2D eigenvalue weighted by Gasteiger charge is 2.38. The molecule has 7 nitrogen and oxygen atoms in total. The maximum absolute atomic E-state index is 13.3. The first kappa shape index (κ1) is 20.2. The summed E-state index contributed by atoms with van der Waals surface area (Å²) in [7, 11) is 1.56. The van der Waals surface area contributed by atoms with E-state index in [0.717, 1.165) is 0 Å². The van der Waals surface area contributed by atoms with E-state index in [2.05, 4.69) is 10.6 Å². The standard InChI is InChI=1S/C24H21N3O4/c1-31-18-13-11-17(12-14-18)25-22(28)15-21-23(29)26-19-9-5-6-10-20(19)27(21)24(30)16-7-3-2-4-8-16/h2-14,21H,15H2,1H3,(H,25,28)(H,26,29). The average molecular weight is 415 g/mol. The van der Waals surface area contributed by atoms with Crippen LogP contribution in [0.5, 0.6) is 5.75 Å². The monoisotopic (exact) mass is 415 g/mol. The number of carbonyl (C=O) groups is 3. The fourth-order valence-corrected chi connectivity index (χ4v) is 3.51. The number of methoxy groups -OCH3 is 1. The van der Waals surface area contributed by atoms with Gasteiger partial charge < -0.3 is 15.4 Å². The molecule has 0 spiro atoms. The second-order valence-corrected chi connectivity index (χ2v) is 7.04. The van der Waals surface area contributed by atoms with Crippen molar-refractivity contribution < 1.29 is 19.1 Å². The van der Waals surface area contributed by atoms with E-state index in [4.69, 9.17) is 4.74 Å². The molecule has 0 aromatic heterocycles. The van der Waals surface area contributed by atoms with Crippen LogP contribution in [0.25, 0.3) is 0 Å². The van der Waals surface area contributed by atoms with Gasteiger partial charge in [-0.15, -0.1) is 0 Å². The minimum absolute atomic E-state index is 0.190. The summed E-state index contributed by atoms with van der Waals surface area (Å²) in [6.07, 6.45) is -0.190. The summed E-state index contributed by atoms with van der Waals surface area (Å²) in [4.78, 5) is 40.3. The molecule has 0 saturated carbocycles. The van der Waals surface area contributed by atoms with E-state index in [-0.39, 0.29) is 18.2 Å². The van der Waals surface area contributed by atoms with Crippen LogP contribution in [0.1, 0.15) is 16.8 Å². The number of carbonyl (C=O) groups excluding carboxylic acids is 3. The summed E-state index contributed by atoms with van der Waals surface area (Å²) in [6, 6.07) is 21.6. The number of ether oxygens (including phenoxy) is 1. The van der Waals surface area contributed by atoms with Crippen LogP contribution in [0.2, 0.25) is 0 Å². The maximum atomic E-state index is 13.3. The molecule has 31 heavy (non-hydrogen) atoms. The van der Waals surface area contributed by atoms with Crippen molar-refractivity contribution in [1.29, 1.82) is 0 Å². The van der Waals surface area contributed by atoms with Crippen molar-refractivity contribution in [3.05, 3.63) is 84.4 Å². The van der Waals surface area contributed by atoms with Gasteiger partial charge in [0.1, 0.15) is 11.8 Å². The molecule has 1 atom stereocenters. The third-order valence-corrected chi connectivity index (χ3v) is 5.03. The molecule has 156 valence electrons. The van der Waals surface area contributed by atoms with Crippen LogP contribution in [-0.4, -0.2) is 30.9 Å². The molecule has 1 heterocycles. The molecule has 0 aliphatic carbocycles. The van der Waals surface area contributed by atoms with Gasteiger partial charge in [0.05, 0.1) is 24.9 Å². The van der Waals surface area contributed by atoms with Gasteiger partial charge in [-0.1, -0.05) is 30.3 Å². The van der Waals surface area contributed by atoms with Crippen LogP contribution in [-0.2, 0) is 9.59 Å². The van der Waals surface area contributed by atoms with Crippen molar-refractivity contribution in [2.45, 2.75) is 12.5 Å². The summed E-state index contributed by atoms with van der Waals surface area (Å²) < 4.78 is 5.12. The number of para-hydroxylation sites is 2. The Morgan fingerprint density at radius 2 is 1.65 bits per heavy atom. The number of rotatable bonds is 5. The van der Waals surface area contributed by atoms with Crippen molar-refractivity contribution in [2.75, 3.05) is 22.6 Å². The van der Waals surface area contributed by atoms with Gasteiger partial charge >= 0.3 is 0 Å². The topological polar surface area (TPSA) is 87.7 Å². The number of nitrogens with one attached hydrogen (secondary N) is 2. The van der Waals surface area contributed by atoms with E-state index < -0.39 is 11.9 Å². The van der Waals surface area contributed by atoms with Crippen molar-refractivity contribution in [3.63, 3.8) is 0 Å². The lowest BCUT2D eigenvalue weighted by atomic mass is 10.0. The van der Waals surface area contributed by atoms with Crippen molar-refractivity contribution in [3.8, 4) is 5.75 Å². The SMILES string of the molecule is COc1ccc(NC(=O)CC2C(=O)Nc3ccccc3N2C(=O)c2ccccc2)cc1. The highest BCUT2D eigenvalue weighted by molar-refractivity contribution is 6.17. The van der Waals surface area contributed by atoms with E-state index in [1.165, 1.54) is 4.90 Å². The number of nitrogens with zero attached hydrogens (tertiary/aromatic N) is 1. The minimum Gasteiger partial charge on any atom is -0.497 e. The van der Waals surface area contributed by atoms with E-state index in [9.17, 15) is 14.4 Å². The van der Waals surface area contributed by atoms with Crippen LogP contribution >= 0.6 is 0 Å². The number of hydrogen-bond donors (Lipinski definition) is 2. The smallest absolute Gasteiger partial charge is 0.259 e. The lowest BCUT2D eigenvalue weighted by Crippen LogP contribution is -2.52. The van der Waals surface area contributed by atoms with Crippen LogP contribution in [0.15, 0.2) is 78.9 Å². The Hall–Kier alpha value is -4.13. The molecular formula is C24H21N3O4. The van der Waals surface area contributed by atoms with Crippen molar-refractivity contribution in [2.24, 2.45) is 0 Å².